The Morgan fingerprint density at radius 1 is 1.13 bits per heavy atom. The van der Waals surface area contributed by atoms with Crippen molar-refractivity contribution in [2.75, 3.05) is 11.6 Å². The number of rotatable bonds is 4. The van der Waals surface area contributed by atoms with Gasteiger partial charge in [0.2, 0.25) is 0 Å². The second-order valence-electron chi connectivity index (χ2n) is 5.61. The fraction of sp³-hybridized carbons (Fsp3) is 0.222. The molecule has 0 amide bonds. The number of halogens is 1. The van der Waals surface area contributed by atoms with E-state index in [2.05, 4.69) is 44.9 Å². The third-order valence-electron chi connectivity index (χ3n) is 3.97. The Bertz CT molecular complexity index is 854. The number of thioether (sulfide) groups is 1. The van der Waals surface area contributed by atoms with Gasteiger partial charge in [-0.3, -0.25) is 4.99 Å². The Morgan fingerprint density at radius 3 is 2.74 bits per heavy atom. The maximum absolute atomic E-state index is 5.88. The van der Waals surface area contributed by atoms with Gasteiger partial charge in [0.1, 0.15) is 0 Å². The van der Waals surface area contributed by atoms with Crippen LogP contribution in [0.3, 0.4) is 0 Å². The summed E-state index contributed by atoms with van der Waals surface area (Å²) in [4.78, 5) is 9.10. The molecular weight excluding hydrogens is 326 g/mol. The molecule has 1 aromatic heterocycles. The Kier molecular flexibility index (Phi) is 4.10. The van der Waals surface area contributed by atoms with Crippen LogP contribution in [0.2, 0.25) is 0 Å². The molecule has 1 aliphatic rings. The summed E-state index contributed by atoms with van der Waals surface area (Å²) >= 11 is 7.68. The van der Waals surface area contributed by atoms with Crippen LogP contribution in [0, 0.1) is 0 Å². The highest BCUT2D eigenvalue weighted by Crippen LogP contribution is 2.24. The zero-order chi connectivity index (χ0) is 15.6. The van der Waals surface area contributed by atoms with Crippen LogP contribution in [0.15, 0.2) is 59.9 Å². The highest BCUT2D eigenvalue weighted by atomic mass is 35.5. The van der Waals surface area contributed by atoms with Gasteiger partial charge >= 0.3 is 0 Å². The SMILES string of the molecule is ClCC1CSC(c2ccc(Cn3cnc4ccccc43)cc2)=N1. The molecule has 3 nitrogen and oxygen atoms in total. The number of imidazole rings is 1. The highest BCUT2D eigenvalue weighted by molar-refractivity contribution is 8.14. The van der Waals surface area contributed by atoms with Gasteiger partial charge in [-0.15, -0.1) is 23.4 Å². The Balaban J connectivity index is 1.55. The number of hydrogen-bond acceptors (Lipinski definition) is 3. The lowest BCUT2D eigenvalue weighted by molar-refractivity contribution is 0.824. The Hall–Kier alpha value is -1.78. The number of aromatic nitrogens is 2. The molecular formula is C18H16ClN3S. The van der Waals surface area contributed by atoms with Crippen LogP contribution < -0.4 is 0 Å². The van der Waals surface area contributed by atoms with Crippen molar-refractivity contribution in [2.45, 2.75) is 12.6 Å². The van der Waals surface area contributed by atoms with Gasteiger partial charge in [0.25, 0.3) is 0 Å². The molecule has 0 fully saturated rings. The van der Waals surface area contributed by atoms with Crippen LogP contribution in [0.1, 0.15) is 11.1 Å². The second kappa shape index (κ2) is 6.38. The Labute approximate surface area is 144 Å². The van der Waals surface area contributed by atoms with Crippen LogP contribution in [-0.4, -0.2) is 32.3 Å². The van der Waals surface area contributed by atoms with Gasteiger partial charge in [0.15, 0.2) is 0 Å². The summed E-state index contributed by atoms with van der Waals surface area (Å²) in [5.74, 6) is 1.59. The molecule has 116 valence electrons. The van der Waals surface area contributed by atoms with Crippen LogP contribution in [0.4, 0.5) is 0 Å². The van der Waals surface area contributed by atoms with E-state index >= 15 is 0 Å². The predicted octanol–water partition coefficient (Wildman–Crippen LogP) is 4.19. The third-order valence-corrected chi connectivity index (χ3v) is 5.49. The van der Waals surface area contributed by atoms with Crippen molar-refractivity contribution in [3.05, 3.63) is 66.0 Å². The van der Waals surface area contributed by atoms with Gasteiger partial charge in [0.05, 0.1) is 28.4 Å². The smallest absolute Gasteiger partial charge is 0.0981 e. The van der Waals surface area contributed by atoms with E-state index < -0.39 is 0 Å². The van der Waals surface area contributed by atoms with Gasteiger partial charge < -0.3 is 4.57 Å². The molecule has 1 atom stereocenters. The zero-order valence-corrected chi connectivity index (χ0v) is 14.1. The fourth-order valence-corrected chi connectivity index (χ4v) is 4.11. The molecule has 1 aliphatic heterocycles. The maximum atomic E-state index is 5.88. The minimum Gasteiger partial charge on any atom is -0.326 e. The molecule has 0 aliphatic carbocycles. The molecule has 0 radical (unpaired) electrons. The lowest BCUT2D eigenvalue weighted by atomic mass is 10.1. The third kappa shape index (κ3) is 3.01. The molecule has 2 heterocycles. The number of fused-ring (bicyclic) bond motifs is 1. The maximum Gasteiger partial charge on any atom is 0.0981 e. The number of benzene rings is 2. The van der Waals surface area contributed by atoms with E-state index in [9.17, 15) is 0 Å². The van der Waals surface area contributed by atoms with Crippen molar-refractivity contribution >= 4 is 39.4 Å². The van der Waals surface area contributed by atoms with Crippen LogP contribution in [0.25, 0.3) is 11.0 Å². The topological polar surface area (TPSA) is 30.2 Å². The number of hydrogen-bond donors (Lipinski definition) is 0. The van der Waals surface area contributed by atoms with E-state index in [1.165, 1.54) is 11.1 Å². The van der Waals surface area contributed by atoms with Gasteiger partial charge in [-0.05, 0) is 17.7 Å². The second-order valence-corrected chi connectivity index (χ2v) is 6.93. The van der Waals surface area contributed by atoms with Crippen molar-refractivity contribution in [3.63, 3.8) is 0 Å². The van der Waals surface area contributed by atoms with E-state index in [1.807, 2.05) is 24.5 Å². The first-order valence-corrected chi connectivity index (χ1v) is 9.11. The fourth-order valence-electron chi connectivity index (χ4n) is 2.74. The number of alkyl halides is 1. The summed E-state index contributed by atoms with van der Waals surface area (Å²) in [7, 11) is 0. The van der Waals surface area contributed by atoms with E-state index in [0.717, 1.165) is 28.4 Å². The lowest BCUT2D eigenvalue weighted by Crippen LogP contribution is -2.04. The molecule has 0 saturated carbocycles. The zero-order valence-electron chi connectivity index (χ0n) is 12.5. The lowest BCUT2D eigenvalue weighted by Gasteiger charge is -2.06. The molecule has 2 aromatic carbocycles. The standard InChI is InChI=1S/C18H16ClN3S/c19-9-15-11-23-18(21-15)14-7-5-13(6-8-14)10-22-12-20-16-3-1-2-4-17(16)22/h1-8,12,15H,9-11H2. The number of para-hydroxylation sites is 2. The largest absolute Gasteiger partial charge is 0.326 e. The first-order valence-electron chi connectivity index (χ1n) is 7.59. The van der Waals surface area contributed by atoms with Crippen molar-refractivity contribution < 1.29 is 0 Å². The van der Waals surface area contributed by atoms with Crippen LogP contribution in [-0.2, 0) is 6.54 Å². The molecule has 0 saturated heterocycles. The van der Waals surface area contributed by atoms with Crippen LogP contribution >= 0.6 is 23.4 Å². The van der Waals surface area contributed by atoms with E-state index in [-0.39, 0.29) is 6.04 Å². The summed E-state index contributed by atoms with van der Waals surface area (Å²) in [6.07, 6.45) is 1.90. The highest BCUT2D eigenvalue weighted by Gasteiger charge is 2.18. The Morgan fingerprint density at radius 2 is 1.96 bits per heavy atom. The van der Waals surface area contributed by atoms with Crippen molar-refractivity contribution in [2.24, 2.45) is 4.99 Å². The van der Waals surface area contributed by atoms with E-state index in [1.54, 1.807) is 11.8 Å². The monoisotopic (exact) mass is 341 g/mol. The van der Waals surface area contributed by atoms with Gasteiger partial charge in [0, 0.05) is 23.7 Å². The summed E-state index contributed by atoms with van der Waals surface area (Å²) in [5, 5.41) is 1.11. The average Bonchev–Trinajstić information content (AvgIpc) is 3.23. The first-order chi connectivity index (χ1) is 11.3. The van der Waals surface area contributed by atoms with Gasteiger partial charge in [-0.2, -0.15) is 0 Å². The molecule has 0 N–H and O–H groups in total. The summed E-state index contributed by atoms with van der Waals surface area (Å²) in [5.41, 5.74) is 4.64. The minimum absolute atomic E-state index is 0.258. The van der Waals surface area contributed by atoms with Crippen molar-refractivity contribution in [1.29, 1.82) is 0 Å². The molecule has 0 bridgehead atoms. The molecule has 0 spiro atoms. The normalized spacial score (nSPS) is 17.6. The number of aliphatic imine (C=N–C) groups is 1. The molecule has 5 heteroatoms. The molecule has 3 aromatic rings. The number of nitrogens with zero attached hydrogens (tertiary/aromatic N) is 3. The van der Waals surface area contributed by atoms with Gasteiger partial charge in [-0.25, -0.2) is 4.98 Å². The summed E-state index contributed by atoms with van der Waals surface area (Å²) in [6, 6.07) is 17.1. The first kappa shape index (κ1) is 14.8. The quantitative estimate of drug-likeness (QED) is 0.666. The molecule has 4 rings (SSSR count). The minimum atomic E-state index is 0.258. The van der Waals surface area contributed by atoms with E-state index in [0.29, 0.717) is 5.88 Å². The van der Waals surface area contributed by atoms with E-state index in [4.69, 9.17) is 11.6 Å². The van der Waals surface area contributed by atoms with Crippen molar-refractivity contribution in [3.8, 4) is 0 Å². The predicted molar refractivity (Wildman–Crippen MR) is 98.8 cm³/mol. The summed E-state index contributed by atoms with van der Waals surface area (Å²) < 4.78 is 2.18. The average molecular weight is 342 g/mol. The molecule has 23 heavy (non-hydrogen) atoms. The van der Waals surface area contributed by atoms with Crippen molar-refractivity contribution in [1.82, 2.24) is 9.55 Å². The molecule has 1 unspecified atom stereocenters. The van der Waals surface area contributed by atoms with Gasteiger partial charge in [-0.1, -0.05) is 36.4 Å². The summed E-state index contributed by atoms with van der Waals surface area (Å²) in [6.45, 7) is 0.824. The van der Waals surface area contributed by atoms with Crippen LogP contribution in [0.5, 0.6) is 0 Å².